The van der Waals surface area contributed by atoms with Gasteiger partial charge in [-0.3, -0.25) is 4.79 Å². The van der Waals surface area contributed by atoms with Gasteiger partial charge < -0.3 is 14.4 Å². The van der Waals surface area contributed by atoms with Crippen LogP contribution >= 0.6 is 0 Å². The molecule has 0 aliphatic heterocycles. The number of amides is 1. The minimum atomic E-state index is -1.02. The highest BCUT2D eigenvalue weighted by molar-refractivity contribution is 5.72. The van der Waals surface area contributed by atoms with Crippen LogP contribution in [0.15, 0.2) is 30.3 Å². The van der Waals surface area contributed by atoms with Gasteiger partial charge in [-0.1, -0.05) is 44.2 Å². The van der Waals surface area contributed by atoms with Crippen molar-refractivity contribution in [2.24, 2.45) is 5.92 Å². The van der Waals surface area contributed by atoms with E-state index in [9.17, 15) is 9.59 Å². The van der Waals surface area contributed by atoms with Gasteiger partial charge in [0.15, 0.2) is 0 Å². The topological polar surface area (TPSA) is 55.8 Å². The average molecular weight is 293 g/mol. The molecule has 0 saturated heterocycles. The first-order valence-corrected chi connectivity index (χ1v) is 7.20. The molecule has 0 spiro atoms. The normalized spacial score (nSPS) is 11.9. The highest BCUT2D eigenvalue weighted by atomic mass is 16.7. The quantitative estimate of drug-likeness (QED) is 0.596. The van der Waals surface area contributed by atoms with E-state index in [-0.39, 0.29) is 5.92 Å². The van der Waals surface area contributed by atoms with Gasteiger partial charge in [0.05, 0.1) is 5.92 Å². The Hall–Kier alpha value is -2.04. The Bertz CT molecular complexity index is 455. The van der Waals surface area contributed by atoms with Crippen molar-refractivity contribution >= 4 is 12.1 Å². The van der Waals surface area contributed by atoms with Gasteiger partial charge in [0.1, 0.15) is 0 Å². The number of carbonyl (C=O) groups excluding carboxylic acids is 2. The molecule has 0 bridgehead atoms. The van der Waals surface area contributed by atoms with Gasteiger partial charge >= 0.3 is 12.1 Å². The molecular weight excluding hydrogens is 270 g/mol. The van der Waals surface area contributed by atoms with Crippen LogP contribution in [0.1, 0.15) is 39.5 Å². The molecule has 1 unspecified atom stereocenters. The number of hydrogen-bond acceptors (Lipinski definition) is 4. The average Bonchev–Trinajstić information content (AvgIpc) is 2.48. The van der Waals surface area contributed by atoms with Crippen molar-refractivity contribution in [3.05, 3.63) is 35.9 Å². The first kappa shape index (κ1) is 17.0. The zero-order valence-electron chi connectivity index (χ0n) is 13.0. The van der Waals surface area contributed by atoms with E-state index in [1.165, 1.54) is 4.90 Å². The molecule has 0 heterocycles. The van der Waals surface area contributed by atoms with Crippen molar-refractivity contribution in [1.29, 1.82) is 0 Å². The molecule has 0 radical (unpaired) electrons. The third kappa shape index (κ3) is 5.10. The summed E-state index contributed by atoms with van der Waals surface area (Å²) in [6, 6.07) is 8.96. The number of rotatable bonds is 6. The summed E-state index contributed by atoms with van der Waals surface area (Å²) in [7, 11) is 0. The van der Waals surface area contributed by atoms with Crippen molar-refractivity contribution in [2.75, 3.05) is 13.1 Å². The summed E-state index contributed by atoms with van der Waals surface area (Å²) in [5.41, 5.74) is 0.631. The van der Waals surface area contributed by atoms with Crippen LogP contribution < -0.4 is 0 Å². The van der Waals surface area contributed by atoms with E-state index >= 15 is 0 Å². The van der Waals surface area contributed by atoms with Crippen molar-refractivity contribution in [3.8, 4) is 0 Å². The Morgan fingerprint density at radius 3 is 2.10 bits per heavy atom. The van der Waals surface area contributed by atoms with Crippen LogP contribution in [0.2, 0.25) is 0 Å². The maximum atomic E-state index is 12.1. The predicted octanol–water partition coefficient (Wildman–Crippen LogP) is 3.36. The number of hydrogen-bond donors (Lipinski definition) is 0. The lowest BCUT2D eigenvalue weighted by molar-refractivity contribution is -0.174. The summed E-state index contributed by atoms with van der Waals surface area (Å²) in [5.74, 6) is -0.695. The van der Waals surface area contributed by atoms with Crippen molar-refractivity contribution in [3.63, 3.8) is 0 Å². The molecule has 0 aliphatic rings. The third-order valence-electron chi connectivity index (χ3n) is 3.00. The van der Waals surface area contributed by atoms with Crippen LogP contribution in [-0.2, 0) is 14.3 Å². The number of nitrogens with zero attached hydrogens (tertiary/aromatic N) is 1. The summed E-state index contributed by atoms with van der Waals surface area (Å²) in [6.45, 7) is 8.27. The Morgan fingerprint density at radius 1 is 1.05 bits per heavy atom. The van der Waals surface area contributed by atoms with E-state index in [1.54, 1.807) is 38.1 Å². The summed E-state index contributed by atoms with van der Waals surface area (Å²) >= 11 is 0. The van der Waals surface area contributed by atoms with Gasteiger partial charge in [-0.15, -0.1) is 0 Å². The molecule has 1 aromatic rings. The second kappa shape index (κ2) is 8.29. The van der Waals surface area contributed by atoms with Crippen LogP contribution in [-0.4, -0.2) is 30.1 Å². The molecule has 0 fully saturated rings. The molecule has 1 rings (SSSR count). The van der Waals surface area contributed by atoms with Gasteiger partial charge in [-0.2, -0.15) is 0 Å². The summed E-state index contributed by atoms with van der Waals surface area (Å²) in [4.78, 5) is 25.4. The molecule has 1 atom stereocenters. The lowest BCUT2D eigenvalue weighted by atomic mass is 10.2. The zero-order chi connectivity index (χ0) is 15.8. The second-order valence-corrected chi connectivity index (χ2v) is 4.89. The molecule has 21 heavy (non-hydrogen) atoms. The minimum Gasteiger partial charge on any atom is -0.420 e. The van der Waals surface area contributed by atoms with Crippen molar-refractivity contribution < 1.29 is 19.1 Å². The molecule has 0 aromatic heterocycles. The Kier molecular flexibility index (Phi) is 6.72. The maximum Gasteiger partial charge on any atom is 0.413 e. The van der Waals surface area contributed by atoms with E-state index in [1.807, 2.05) is 19.9 Å². The minimum absolute atomic E-state index is 0.289. The van der Waals surface area contributed by atoms with E-state index in [2.05, 4.69) is 0 Å². The van der Waals surface area contributed by atoms with Crippen LogP contribution in [0, 0.1) is 5.92 Å². The smallest absolute Gasteiger partial charge is 0.413 e. The fraction of sp³-hybridized carbons (Fsp3) is 0.500. The highest BCUT2D eigenvalue weighted by Gasteiger charge is 2.24. The van der Waals surface area contributed by atoms with E-state index in [4.69, 9.17) is 9.47 Å². The molecule has 0 aliphatic carbocycles. The first-order valence-electron chi connectivity index (χ1n) is 7.20. The molecular formula is C16H23NO4. The van der Waals surface area contributed by atoms with Crippen LogP contribution in [0.4, 0.5) is 4.79 Å². The number of benzene rings is 1. The predicted molar refractivity (Wildman–Crippen MR) is 79.5 cm³/mol. The van der Waals surface area contributed by atoms with Crippen molar-refractivity contribution in [2.45, 2.75) is 34.0 Å². The van der Waals surface area contributed by atoms with Gasteiger partial charge in [0.25, 0.3) is 6.29 Å². The monoisotopic (exact) mass is 293 g/mol. The Labute approximate surface area is 125 Å². The van der Waals surface area contributed by atoms with Gasteiger partial charge in [-0.05, 0) is 13.8 Å². The fourth-order valence-electron chi connectivity index (χ4n) is 1.66. The number of ether oxygens (including phenoxy) is 2. The summed E-state index contributed by atoms with van der Waals surface area (Å²) in [5, 5.41) is 0. The third-order valence-corrected chi connectivity index (χ3v) is 3.00. The first-order chi connectivity index (χ1) is 9.99. The molecule has 0 N–H and O–H groups in total. The molecule has 5 heteroatoms. The van der Waals surface area contributed by atoms with E-state index in [0.29, 0.717) is 18.7 Å². The molecule has 1 aromatic carbocycles. The van der Waals surface area contributed by atoms with Gasteiger partial charge in [-0.25, -0.2) is 4.79 Å². The molecule has 1 amide bonds. The fourth-order valence-corrected chi connectivity index (χ4v) is 1.66. The van der Waals surface area contributed by atoms with Crippen LogP contribution in [0.3, 0.4) is 0 Å². The lowest BCUT2D eigenvalue weighted by Crippen LogP contribution is -2.33. The van der Waals surface area contributed by atoms with E-state index < -0.39 is 18.4 Å². The Morgan fingerprint density at radius 2 is 1.62 bits per heavy atom. The zero-order valence-corrected chi connectivity index (χ0v) is 13.0. The SMILES string of the molecule is CCN(CC)C(=O)OC(OC(=O)C(C)C)c1ccccc1. The lowest BCUT2D eigenvalue weighted by Gasteiger charge is -2.24. The van der Waals surface area contributed by atoms with Gasteiger partial charge in [0.2, 0.25) is 0 Å². The number of esters is 1. The molecule has 116 valence electrons. The van der Waals surface area contributed by atoms with Gasteiger partial charge in [0, 0.05) is 18.7 Å². The number of carbonyl (C=O) groups is 2. The molecule has 0 saturated carbocycles. The second-order valence-electron chi connectivity index (χ2n) is 4.89. The maximum absolute atomic E-state index is 12.1. The molecule has 5 nitrogen and oxygen atoms in total. The summed E-state index contributed by atoms with van der Waals surface area (Å²) in [6.07, 6.45) is -1.51. The Balaban J connectivity index is 2.87. The van der Waals surface area contributed by atoms with E-state index in [0.717, 1.165) is 0 Å². The van der Waals surface area contributed by atoms with Crippen LogP contribution in [0.25, 0.3) is 0 Å². The largest absolute Gasteiger partial charge is 0.420 e. The van der Waals surface area contributed by atoms with Crippen LogP contribution in [0.5, 0.6) is 0 Å². The van der Waals surface area contributed by atoms with Crippen molar-refractivity contribution in [1.82, 2.24) is 4.90 Å². The standard InChI is InChI=1S/C16H23NO4/c1-5-17(6-2)16(19)21-15(20-14(18)12(3)4)13-10-8-7-9-11-13/h7-12,15H,5-6H2,1-4H3. The summed E-state index contributed by atoms with van der Waals surface area (Å²) < 4.78 is 10.6. The highest BCUT2D eigenvalue weighted by Crippen LogP contribution is 2.21.